The van der Waals surface area contributed by atoms with Crippen molar-refractivity contribution in [1.82, 2.24) is 0 Å². The van der Waals surface area contributed by atoms with Crippen molar-refractivity contribution in [1.29, 1.82) is 0 Å². The van der Waals surface area contributed by atoms with Crippen molar-refractivity contribution in [2.75, 3.05) is 6.54 Å². The van der Waals surface area contributed by atoms with Crippen molar-refractivity contribution in [3.05, 3.63) is 0 Å². The summed E-state index contributed by atoms with van der Waals surface area (Å²) in [5.74, 6) is 0.546. The van der Waals surface area contributed by atoms with Gasteiger partial charge in [0.05, 0.1) is 11.7 Å². The highest BCUT2D eigenvalue weighted by molar-refractivity contribution is 4.96. The molecule has 1 saturated carbocycles. The van der Waals surface area contributed by atoms with Crippen LogP contribution in [0, 0.1) is 5.92 Å². The highest BCUT2D eigenvalue weighted by atomic mass is 16.5. The van der Waals surface area contributed by atoms with Crippen molar-refractivity contribution in [3.63, 3.8) is 0 Å². The van der Waals surface area contributed by atoms with Gasteiger partial charge in [0.2, 0.25) is 0 Å². The lowest BCUT2D eigenvalue weighted by atomic mass is 9.78. The molecule has 1 unspecified atom stereocenters. The van der Waals surface area contributed by atoms with Crippen LogP contribution in [-0.2, 0) is 4.74 Å². The van der Waals surface area contributed by atoms with Crippen LogP contribution in [0.15, 0.2) is 0 Å². The van der Waals surface area contributed by atoms with E-state index in [0.29, 0.717) is 17.6 Å². The Kier molecular flexibility index (Phi) is 2.13. The van der Waals surface area contributed by atoms with E-state index >= 15 is 0 Å². The molecule has 2 rings (SSSR count). The van der Waals surface area contributed by atoms with Gasteiger partial charge >= 0.3 is 0 Å². The molecule has 1 aliphatic heterocycles. The van der Waals surface area contributed by atoms with Gasteiger partial charge in [0.1, 0.15) is 0 Å². The average molecular weight is 169 g/mol. The van der Waals surface area contributed by atoms with E-state index in [0.717, 1.165) is 6.54 Å². The topological polar surface area (TPSA) is 35.2 Å². The largest absolute Gasteiger partial charge is 0.371 e. The molecule has 12 heavy (non-hydrogen) atoms. The molecule has 0 aromatic heterocycles. The highest BCUT2D eigenvalue weighted by Crippen LogP contribution is 2.46. The van der Waals surface area contributed by atoms with Gasteiger partial charge in [0.25, 0.3) is 0 Å². The molecule has 2 N–H and O–H groups in total. The summed E-state index contributed by atoms with van der Waals surface area (Å²) in [5, 5.41) is 0. The van der Waals surface area contributed by atoms with Crippen LogP contribution in [0.25, 0.3) is 0 Å². The standard InChI is InChI=1S/C10H19NO/c1-8(7-11)9-3-6-10(12-9)4-2-5-10/h8-9H,2-7,11H2,1H3/t8-,9?/m0/s1. The molecule has 2 fully saturated rings. The molecule has 70 valence electrons. The summed E-state index contributed by atoms with van der Waals surface area (Å²) in [5.41, 5.74) is 5.93. The second kappa shape index (κ2) is 3.00. The van der Waals surface area contributed by atoms with E-state index in [9.17, 15) is 0 Å². The summed E-state index contributed by atoms with van der Waals surface area (Å²) in [6.45, 7) is 2.96. The Labute approximate surface area is 74.5 Å². The second-order valence-corrected chi connectivity index (χ2v) is 4.44. The van der Waals surface area contributed by atoms with Crippen molar-refractivity contribution >= 4 is 0 Å². The fourth-order valence-electron chi connectivity index (χ4n) is 2.34. The molecule has 2 aliphatic rings. The van der Waals surface area contributed by atoms with Gasteiger partial charge < -0.3 is 10.5 Å². The maximum atomic E-state index is 6.06. The molecule has 0 amide bonds. The van der Waals surface area contributed by atoms with Crippen LogP contribution in [-0.4, -0.2) is 18.2 Å². The number of hydrogen-bond acceptors (Lipinski definition) is 2. The van der Waals surface area contributed by atoms with Crippen molar-refractivity contribution in [2.24, 2.45) is 11.7 Å². The summed E-state index contributed by atoms with van der Waals surface area (Å²) >= 11 is 0. The van der Waals surface area contributed by atoms with E-state index in [-0.39, 0.29) is 0 Å². The maximum Gasteiger partial charge on any atom is 0.0687 e. The van der Waals surface area contributed by atoms with Crippen molar-refractivity contribution in [2.45, 2.75) is 50.7 Å². The molecule has 2 heteroatoms. The van der Waals surface area contributed by atoms with E-state index in [2.05, 4.69) is 6.92 Å². The molecule has 1 aliphatic carbocycles. The van der Waals surface area contributed by atoms with E-state index < -0.39 is 0 Å². The van der Waals surface area contributed by atoms with Crippen LogP contribution >= 0.6 is 0 Å². The third kappa shape index (κ3) is 1.27. The molecule has 1 spiro atoms. The Bertz CT molecular complexity index is 165. The van der Waals surface area contributed by atoms with Crippen LogP contribution < -0.4 is 5.73 Å². The fourth-order valence-corrected chi connectivity index (χ4v) is 2.34. The molecule has 2 atom stereocenters. The first-order valence-electron chi connectivity index (χ1n) is 5.14. The summed E-state index contributed by atoms with van der Waals surface area (Å²) in [6.07, 6.45) is 6.92. The lowest BCUT2D eigenvalue weighted by Gasteiger charge is -2.38. The molecule has 1 heterocycles. The first-order valence-corrected chi connectivity index (χ1v) is 5.14. The Balaban J connectivity index is 1.89. The lowest BCUT2D eigenvalue weighted by molar-refractivity contribution is -0.103. The molecule has 0 radical (unpaired) electrons. The normalized spacial score (nSPS) is 35.0. The van der Waals surface area contributed by atoms with E-state index in [4.69, 9.17) is 10.5 Å². The minimum Gasteiger partial charge on any atom is -0.371 e. The van der Waals surface area contributed by atoms with Crippen LogP contribution in [0.4, 0.5) is 0 Å². The monoisotopic (exact) mass is 169 g/mol. The van der Waals surface area contributed by atoms with Gasteiger partial charge in [-0.3, -0.25) is 0 Å². The second-order valence-electron chi connectivity index (χ2n) is 4.44. The van der Waals surface area contributed by atoms with E-state index in [1.54, 1.807) is 0 Å². The average Bonchev–Trinajstić information content (AvgIpc) is 2.46. The van der Waals surface area contributed by atoms with Gasteiger partial charge in [-0.15, -0.1) is 0 Å². The highest BCUT2D eigenvalue weighted by Gasteiger charge is 2.45. The molecular weight excluding hydrogens is 150 g/mol. The SMILES string of the molecule is C[C@@H](CN)C1CCC2(CCC2)O1. The minimum absolute atomic E-state index is 0.314. The zero-order chi connectivity index (χ0) is 8.60. The summed E-state index contributed by atoms with van der Waals surface area (Å²) in [4.78, 5) is 0. The smallest absolute Gasteiger partial charge is 0.0687 e. The van der Waals surface area contributed by atoms with Crippen LogP contribution in [0.2, 0.25) is 0 Å². The van der Waals surface area contributed by atoms with Crippen LogP contribution in [0.5, 0.6) is 0 Å². The summed E-state index contributed by atoms with van der Waals surface area (Å²) in [7, 11) is 0. The van der Waals surface area contributed by atoms with Gasteiger partial charge in [-0.2, -0.15) is 0 Å². The summed E-state index contributed by atoms with van der Waals surface area (Å²) in [6, 6.07) is 0. The zero-order valence-electron chi connectivity index (χ0n) is 7.88. The van der Waals surface area contributed by atoms with Crippen molar-refractivity contribution in [3.8, 4) is 0 Å². The number of ether oxygens (including phenoxy) is 1. The number of rotatable bonds is 2. The molecule has 0 aromatic carbocycles. The molecule has 1 saturated heterocycles. The predicted octanol–water partition coefficient (Wildman–Crippen LogP) is 1.68. The Morgan fingerprint density at radius 2 is 2.25 bits per heavy atom. The van der Waals surface area contributed by atoms with Crippen molar-refractivity contribution < 1.29 is 4.74 Å². The number of hydrogen-bond donors (Lipinski definition) is 1. The fraction of sp³-hybridized carbons (Fsp3) is 1.00. The van der Waals surface area contributed by atoms with E-state index in [1.165, 1.54) is 32.1 Å². The Hall–Kier alpha value is -0.0800. The molecule has 0 bridgehead atoms. The first kappa shape index (κ1) is 8.52. The quantitative estimate of drug-likeness (QED) is 0.682. The van der Waals surface area contributed by atoms with Gasteiger partial charge in [0, 0.05) is 0 Å². The third-order valence-corrected chi connectivity index (χ3v) is 3.56. The maximum absolute atomic E-state index is 6.06. The van der Waals surface area contributed by atoms with Gasteiger partial charge in [-0.1, -0.05) is 6.92 Å². The predicted molar refractivity (Wildman–Crippen MR) is 48.9 cm³/mol. The van der Waals surface area contributed by atoms with Crippen LogP contribution in [0.3, 0.4) is 0 Å². The summed E-state index contributed by atoms with van der Waals surface area (Å²) < 4.78 is 6.06. The van der Waals surface area contributed by atoms with Gasteiger partial charge in [-0.25, -0.2) is 0 Å². The molecular formula is C10H19NO. The van der Waals surface area contributed by atoms with Gasteiger partial charge in [0.15, 0.2) is 0 Å². The third-order valence-electron chi connectivity index (χ3n) is 3.56. The van der Waals surface area contributed by atoms with Crippen LogP contribution in [0.1, 0.15) is 39.0 Å². The molecule has 0 aromatic rings. The Morgan fingerprint density at radius 3 is 2.67 bits per heavy atom. The minimum atomic E-state index is 0.314. The zero-order valence-corrected chi connectivity index (χ0v) is 7.88. The lowest BCUT2D eigenvalue weighted by Crippen LogP contribution is -2.38. The van der Waals surface area contributed by atoms with E-state index in [1.807, 2.05) is 0 Å². The molecule has 2 nitrogen and oxygen atoms in total. The number of nitrogens with two attached hydrogens (primary N) is 1. The Morgan fingerprint density at radius 1 is 1.50 bits per heavy atom. The van der Waals surface area contributed by atoms with Gasteiger partial charge in [-0.05, 0) is 44.6 Å². The first-order chi connectivity index (χ1) is 5.76.